The number of carbonyl (C=O) groups is 3. The number of aliphatic imine (C=N–C) groups is 1. The Balaban J connectivity index is 2.74. The minimum atomic E-state index is -1.35. The van der Waals surface area contributed by atoms with Crippen LogP contribution in [-0.4, -0.2) is 48.0 Å². The van der Waals surface area contributed by atoms with Gasteiger partial charge in [-0.05, 0) is 18.4 Å². The molecule has 0 unspecified atom stereocenters. The molecule has 112 valence electrons. The van der Waals surface area contributed by atoms with Gasteiger partial charge in [-0.2, -0.15) is 11.8 Å². The van der Waals surface area contributed by atoms with Crippen molar-refractivity contribution in [3.63, 3.8) is 0 Å². The summed E-state index contributed by atoms with van der Waals surface area (Å²) in [7, 11) is 0. The SMILES string of the molecule is CSCC[C@@H](N=CC1C(=O)OC(C)(C)OC1=O)C(=O)[O-]. The van der Waals surface area contributed by atoms with Crippen LogP contribution in [0.25, 0.3) is 0 Å². The number of rotatable bonds is 6. The normalized spacial score (nSPS) is 20.6. The molecule has 0 aromatic heterocycles. The predicted octanol–water partition coefficient (Wildman–Crippen LogP) is -0.619. The summed E-state index contributed by atoms with van der Waals surface area (Å²) in [5.74, 6) is -5.05. The molecule has 0 saturated carbocycles. The second kappa shape index (κ2) is 6.74. The van der Waals surface area contributed by atoms with Gasteiger partial charge < -0.3 is 19.4 Å². The maximum absolute atomic E-state index is 11.6. The van der Waals surface area contributed by atoms with Crippen LogP contribution in [0.4, 0.5) is 0 Å². The van der Waals surface area contributed by atoms with Gasteiger partial charge in [-0.25, -0.2) is 0 Å². The number of carbonyl (C=O) groups excluding carboxylic acids is 3. The van der Waals surface area contributed by atoms with Crippen molar-refractivity contribution in [3.05, 3.63) is 0 Å². The van der Waals surface area contributed by atoms with Crippen LogP contribution >= 0.6 is 11.8 Å². The van der Waals surface area contributed by atoms with Crippen LogP contribution in [0.2, 0.25) is 0 Å². The first kappa shape index (κ1) is 16.5. The van der Waals surface area contributed by atoms with E-state index in [9.17, 15) is 19.5 Å². The summed E-state index contributed by atoms with van der Waals surface area (Å²) in [4.78, 5) is 37.9. The van der Waals surface area contributed by atoms with Crippen molar-refractivity contribution in [1.29, 1.82) is 0 Å². The monoisotopic (exact) mass is 302 g/mol. The first-order valence-electron chi connectivity index (χ1n) is 5.95. The molecule has 20 heavy (non-hydrogen) atoms. The fraction of sp³-hybridized carbons (Fsp3) is 0.667. The van der Waals surface area contributed by atoms with Crippen molar-refractivity contribution in [1.82, 2.24) is 0 Å². The fourth-order valence-electron chi connectivity index (χ4n) is 1.52. The lowest BCUT2D eigenvalue weighted by Crippen LogP contribution is -2.47. The van der Waals surface area contributed by atoms with Crippen molar-refractivity contribution >= 4 is 35.9 Å². The number of esters is 2. The Kier molecular flexibility index (Phi) is 5.55. The molecule has 0 aliphatic carbocycles. The lowest BCUT2D eigenvalue weighted by Gasteiger charge is -2.31. The number of thioether (sulfide) groups is 1. The van der Waals surface area contributed by atoms with Gasteiger partial charge in [0.15, 0.2) is 5.92 Å². The smallest absolute Gasteiger partial charge is 0.329 e. The molecule has 0 aromatic rings. The van der Waals surface area contributed by atoms with E-state index in [2.05, 4.69) is 4.99 Å². The van der Waals surface area contributed by atoms with Gasteiger partial charge >= 0.3 is 11.9 Å². The Labute approximate surface area is 120 Å². The second-order valence-corrected chi connectivity index (χ2v) is 5.62. The van der Waals surface area contributed by atoms with Crippen LogP contribution in [0.5, 0.6) is 0 Å². The predicted molar refractivity (Wildman–Crippen MR) is 70.0 cm³/mol. The zero-order valence-electron chi connectivity index (χ0n) is 11.5. The summed E-state index contributed by atoms with van der Waals surface area (Å²) in [6.07, 6.45) is 3.04. The van der Waals surface area contributed by atoms with Gasteiger partial charge in [0.05, 0.1) is 12.0 Å². The number of cyclic esters (lactones) is 2. The molecule has 0 spiro atoms. The van der Waals surface area contributed by atoms with Gasteiger partial charge in [0, 0.05) is 20.1 Å². The summed E-state index contributed by atoms with van der Waals surface area (Å²) in [5.41, 5.74) is 0. The Bertz CT molecular complexity index is 414. The molecule has 0 bridgehead atoms. The van der Waals surface area contributed by atoms with Crippen LogP contribution in [0.15, 0.2) is 4.99 Å². The molecule has 1 aliphatic rings. The Hall–Kier alpha value is -1.57. The number of carboxylic acid groups (broad SMARTS) is 1. The highest BCUT2D eigenvalue weighted by atomic mass is 32.2. The molecule has 7 nitrogen and oxygen atoms in total. The molecular formula is C12H16NO6S-. The molecule has 1 atom stereocenters. The summed E-state index contributed by atoms with van der Waals surface area (Å²) >= 11 is 1.46. The molecule has 1 saturated heterocycles. The van der Waals surface area contributed by atoms with Gasteiger partial charge in [-0.1, -0.05) is 0 Å². The first-order chi connectivity index (χ1) is 9.26. The zero-order chi connectivity index (χ0) is 15.3. The average molecular weight is 302 g/mol. The van der Waals surface area contributed by atoms with Crippen molar-refractivity contribution in [3.8, 4) is 0 Å². The summed E-state index contributed by atoms with van der Waals surface area (Å²) in [5, 5.41) is 10.9. The van der Waals surface area contributed by atoms with Crippen molar-refractivity contribution in [2.45, 2.75) is 32.1 Å². The minimum Gasteiger partial charge on any atom is -0.548 e. The topological polar surface area (TPSA) is 105 Å². The summed E-state index contributed by atoms with van der Waals surface area (Å²) in [6.45, 7) is 2.86. The van der Waals surface area contributed by atoms with E-state index in [0.29, 0.717) is 5.75 Å². The number of carboxylic acids is 1. The van der Waals surface area contributed by atoms with Gasteiger partial charge in [-0.15, -0.1) is 0 Å². The van der Waals surface area contributed by atoms with Crippen LogP contribution < -0.4 is 5.11 Å². The number of nitrogens with zero attached hydrogens (tertiary/aromatic N) is 1. The lowest BCUT2D eigenvalue weighted by atomic mass is 10.1. The van der Waals surface area contributed by atoms with Gasteiger partial charge in [0.2, 0.25) is 0 Å². The molecule has 1 heterocycles. The standard InChI is InChI=1S/C12H17NO6S/c1-12(2)18-10(16)7(11(17)19-12)6-13-8(9(14)15)4-5-20-3/h6-8H,4-5H2,1-3H3,(H,14,15)/p-1/t8-/m1/s1. The van der Waals surface area contributed by atoms with E-state index in [-0.39, 0.29) is 6.42 Å². The molecule has 1 rings (SSSR count). The molecule has 0 N–H and O–H groups in total. The second-order valence-electron chi connectivity index (χ2n) is 4.63. The minimum absolute atomic E-state index is 0.252. The molecule has 0 aromatic carbocycles. The van der Waals surface area contributed by atoms with E-state index >= 15 is 0 Å². The molecule has 8 heteroatoms. The Morgan fingerprint density at radius 2 is 2.00 bits per heavy atom. The molecule has 0 amide bonds. The van der Waals surface area contributed by atoms with Crippen LogP contribution in [0.3, 0.4) is 0 Å². The maximum Gasteiger partial charge on any atom is 0.329 e. The highest BCUT2D eigenvalue weighted by Gasteiger charge is 2.42. The average Bonchev–Trinajstić information content (AvgIpc) is 2.29. The van der Waals surface area contributed by atoms with E-state index in [0.717, 1.165) is 6.21 Å². The van der Waals surface area contributed by atoms with E-state index in [1.54, 1.807) is 0 Å². The van der Waals surface area contributed by atoms with Crippen LogP contribution in [0, 0.1) is 5.92 Å². The van der Waals surface area contributed by atoms with Gasteiger partial charge in [0.25, 0.3) is 5.79 Å². The maximum atomic E-state index is 11.6. The zero-order valence-corrected chi connectivity index (χ0v) is 12.3. The van der Waals surface area contributed by atoms with Gasteiger partial charge in [-0.3, -0.25) is 14.6 Å². The quantitative estimate of drug-likeness (QED) is 0.366. The number of hydrogen-bond acceptors (Lipinski definition) is 8. The molecular weight excluding hydrogens is 286 g/mol. The third kappa shape index (κ3) is 4.52. The summed E-state index contributed by atoms with van der Waals surface area (Å²) < 4.78 is 9.78. The first-order valence-corrected chi connectivity index (χ1v) is 7.35. The van der Waals surface area contributed by atoms with E-state index < -0.39 is 35.7 Å². The Morgan fingerprint density at radius 3 is 2.45 bits per heavy atom. The third-order valence-electron chi connectivity index (χ3n) is 2.48. The Morgan fingerprint density at radius 1 is 1.45 bits per heavy atom. The molecule has 1 aliphatic heterocycles. The largest absolute Gasteiger partial charge is 0.548 e. The lowest BCUT2D eigenvalue weighted by molar-refractivity contribution is -0.307. The number of ether oxygens (including phenoxy) is 2. The number of hydrogen-bond donors (Lipinski definition) is 0. The van der Waals surface area contributed by atoms with Crippen molar-refractivity contribution < 1.29 is 29.0 Å². The van der Waals surface area contributed by atoms with Crippen LogP contribution in [0.1, 0.15) is 20.3 Å². The molecule has 1 fully saturated rings. The highest BCUT2D eigenvalue weighted by Crippen LogP contribution is 2.22. The third-order valence-corrected chi connectivity index (χ3v) is 3.13. The van der Waals surface area contributed by atoms with Crippen LogP contribution in [-0.2, 0) is 23.9 Å². The fourth-order valence-corrected chi connectivity index (χ4v) is 1.98. The van der Waals surface area contributed by atoms with Gasteiger partial charge in [0.1, 0.15) is 0 Å². The van der Waals surface area contributed by atoms with Crippen molar-refractivity contribution in [2.24, 2.45) is 10.9 Å². The van der Waals surface area contributed by atoms with E-state index in [4.69, 9.17) is 9.47 Å². The van der Waals surface area contributed by atoms with Crippen molar-refractivity contribution in [2.75, 3.05) is 12.0 Å². The van der Waals surface area contributed by atoms with E-state index in [1.807, 2.05) is 6.26 Å². The molecule has 0 radical (unpaired) electrons. The highest BCUT2D eigenvalue weighted by molar-refractivity contribution is 7.98. The summed E-state index contributed by atoms with van der Waals surface area (Å²) in [6, 6.07) is -1.10. The van der Waals surface area contributed by atoms with E-state index in [1.165, 1.54) is 25.6 Å². The number of aliphatic carboxylic acids is 1.